The van der Waals surface area contributed by atoms with E-state index in [1.54, 1.807) is 0 Å². The Morgan fingerprint density at radius 2 is 0.827 bits per heavy atom. The van der Waals surface area contributed by atoms with Gasteiger partial charge in [0.15, 0.2) is 0 Å². The minimum absolute atomic E-state index is 0. The van der Waals surface area contributed by atoms with Gasteiger partial charge in [-0.25, -0.2) is 0 Å². The standard InChI is InChI=1S/2C23H27.C3H6.2ClH.Hf/c2*1-16(2)13-17-14-19-7-6-8-21(22(19)15-17)18-9-11-20(12-10-18)23(3,4)5;1-3-2;;;/h2*6-12,14-16H,13H2,1-5H3;1-3H2;2*1H;/q2*-1;-2;;;+4. The fraction of sp³-hybridized carbons (Fsp3) is 0.347. The smallest absolute Gasteiger partial charge is 0.372 e. The Kier molecular flexibility index (Phi) is 19.1. The number of benzene rings is 4. The first-order valence-electron chi connectivity index (χ1n) is 18.3. The van der Waals surface area contributed by atoms with Crippen LogP contribution in [0.2, 0.25) is 0 Å². The Morgan fingerprint density at radius 3 is 1.10 bits per heavy atom. The molecule has 0 spiro atoms. The Bertz CT molecular complexity index is 1760. The van der Waals surface area contributed by atoms with Crippen molar-refractivity contribution in [2.75, 3.05) is 0 Å². The molecule has 0 N–H and O–H groups in total. The zero-order chi connectivity index (χ0) is 35.9. The minimum atomic E-state index is 0. The number of halogens is 2. The third-order valence-electron chi connectivity index (χ3n) is 9.03. The van der Waals surface area contributed by atoms with Crippen LogP contribution in [0.1, 0.15) is 97.9 Å². The van der Waals surface area contributed by atoms with E-state index in [1.165, 1.54) is 66.1 Å². The van der Waals surface area contributed by atoms with Crippen molar-refractivity contribution in [2.24, 2.45) is 11.8 Å². The van der Waals surface area contributed by atoms with Crippen LogP contribution in [0.5, 0.6) is 0 Å². The van der Waals surface area contributed by atoms with E-state index >= 15 is 0 Å². The number of hydrogen-bond donors (Lipinski definition) is 0. The van der Waals surface area contributed by atoms with Crippen molar-refractivity contribution in [1.29, 1.82) is 0 Å². The summed E-state index contributed by atoms with van der Waals surface area (Å²) in [5.74, 6) is 1.39. The molecule has 0 saturated carbocycles. The fourth-order valence-electron chi connectivity index (χ4n) is 6.58. The molecule has 0 radical (unpaired) electrons. The number of fused-ring (bicyclic) bond motifs is 2. The quantitative estimate of drug-likeness (QED) is 0.115. The third-order valence-corrected chi connectivity index (χ3v) is 9.03. The maximum absolute atomic E-state index is 3.38. The zero-order valence-corrected chi connectivity index (χ0v) is 38.6. The first kappa shape index (κ1) is 47.6. The normalized spacial score (nSPS) is 11.2. The van der Waals surface area contributed by atoms with Crippen molar-refractivity contribution >= 4 is 46.4 Å². The first-order valence-corrected chi connectivity index (χ1v) is 18.3. The van der Waals surface area contributed by atoms with Gasteiger partial charge in [-0.3, -0.25) is 0 Å². The van der Waals surface area contributed by atoms with Crippen molar-refractivity contribution in [1.82, 2.24) is 0 Å². The molecular formula is C49H62Cl2Hf. The molecule has 0 amide bonds. The summed E-state index contributed by atoms with van der Waals surface area (Å²) in [7, 11) is 0. The molecule has 0 atom stereocenters. The number of hydrogen-bond acceptors (Lipinski definition) is 0. The van der Waals surface area contributed by atoms with Gasteiger partial charge in [-0.2, -0.15) is 12.1 Å². The van der Waals surface area contributed by atoms with Crippen molar-refractivity contribution in [2.45, 2.75) is 99.3 Å². The summed E-state index contributed by atoms with van der Waals surface area (Å²) in [6.45, 7) is 29.4. The molecule has 0 saturated heterocycles. The summed E-state index contributed by atoms with van der Waals surface area (Å²) < 4.78 is 0. The Labute approximate surface area is 348 Å². The van der Waals surface area contributed by atoms with Crippen LogP contribution in [-0.2, 0) is 49.5 Å². The second kappa shape index (κ2) is 20.9. The van der Waals surface area contributed by atoms with Crippen molar-refractivity contribution in [3.8, 4) is 22.3 Å². The molecule has 0 heterocycles. The van der Waals surface area contributed by atoms with Gasteiger partial charge in [-0.05, 0) is 57.8 Å². The second-order valence-electron chi connectivity index (χ2n) is 16.5. The van der Waals surface area contributed by atoms with Crippen molar-refractivity contribution in [3.05, 3.63) is 145 Å². The molecular weight excluding hydrogens is 838 g/mol. The molecule has 0 fully saturated rings. The molecule has 0 aromatic heterocycles. The molecule has 0 unspecified atom stereocenters. The predicted octanol–water partition coefficient (Wildman–Crippen LogP) is 15.3. The molecule has 0 bridgehead atoms. The summed E-state index contributed by atoms with van der Waals surface area (Å²) in [5.41, 5.74) is 11.4. The van der Waals surface area contributed by atoms with E-state index in [-0.39, 0.29) is 61.5 Å². The van der Waals surface area contributed by atoms with Gasteiger partial charge in [0, 0.05) is 0 Å². The van der Waals surface area contributed by atoms with Gasteiger partial charge in [0.2, 0.25) is 0 Å². The van der Waals surface area contributed by atoms with E-state index in [1.807, 2.05) is 0 Å². The summed E-state index contributed by atoms with van der Waals surface area (Å²) in [5, 5.41) is 5.48. The van der Waals surface area contributed by atoms with E-state index < -0.39 is 0 Å². The van der Waals surface area contributed by atoms with Crippen molar-refractivity contribution < 1.29 is 25.8 Å². The van der Waals surface area contributed by atoms with Gasteiger partial charge < -0.3 is 20.3 Å². The molecule has 276 valence electrons. The van der Waals surface area contributed by atoms with E-state index in [9.17, 15) is 0 Å². The molecule has 52 heavy (non-hydrogen) atoms. The van der Waals surface area contributed by atoms with Crippen LogP contribution in [0, 0.1) is 25.7 Å². The van der Waals surface area contributed by atoms with Crippen LogP contribution in [-0.4, -0.2) is 0 Å². The van der Waals surface area contributed by atoms with Gasteiger partial charge in [0.1, 0.15) is 0 Å². The van der Waals surface area contributed by atoms with E-state index in [0.29, 0.717) is 11.8 Å². The molecule has 0 aliphatic heterocycles. The molecule has 0 aliphatic carbocycles. The average Bonchev–Trinajstić information content (AvgIpc) is 3.63. The number of rotatable bonds is 6. The van der Waals surface area contributed by atoms with Gasteiger partial charge in [0.05, 0.1) is 0 Å². The largest absolute Gasteiger partial charge is 4.00 e. The van der Waals surface area contributed by atoms with Crippen LogP contribution >= 0.6 is 24.8 Å². The summed E-state index contributed by atoms with van der Waals surface area (Å²) >= 11 is 0. The first-order chi connectivity index (χ1) is 23.1. The van der Waals surface area contributed by atoms with Crippen LogP contribution < -0.4 is 0 Å². The van der Waals surface area contributed by atoms with Crippen LogP contribution in [0.25, 0.3) is 43.8 Å². The second-order valence-corrected chi connectivity index (χ2v) is 16.5. The Balaban J connectivity index is 0.000000459. The van der Waals surface area contributed by atoms with Gasteiger partial charge in [-0.1, -0.05) is 141 Å². The summed E-state index contributed by atoms with van der Waals surface area (Å²) in [6.07, 6.45) is 3.05. The molecule has 6 rings (SSSR count). The van der Waals surface area contributed by atoms with Crippen LogP contribution in [0.3, 0.4) is 0 Å². The van der Waals surface area contributed by atoms with Gasteiger partial charge in [0.25, 0.3) is 0 Å². The Morgan fingerprint density at radius 1 is 0.519 bits per heavy atom. The molecule has 3 heteroatoms. The van der Waals surface area contributed by atoms with Gasteiger partial charge >= 0.3 is 25.8 Å². The van der Waals surface area contributed by atoms with Crippen LogP contribution in [0.4, 0.5) is 0 Å². The van der Waals surface area contributed by atoms with E-state index in [2.05, 4.69) is 192 Å². The third kappa shape index (κ3) is 12.8. The average molecular weight is 900 g/mol. The minimum Gasteiger partial charge on any atom is -0.372 e. The SMILES string of the molecule is CC(C)Cc1cc2c(-c3ccc(C(C)(C)C)cc3)cccc2[cH-]1.CC(C)Cc1cc2c(-c3ccc(C(C)(C)C)cc3)cccc2[cH-]1.Cl.Cl.[CH2-]C[CH2-].[Hf+4]. The van der Waals surface area contributed by atoms with Crippen molar-refractivity contribution in [3.63, 3.8) is 0 Å². The van der Waals surface area contributed by atoms with Crippen LogP contribution in [0.15, 0.2) is 109 Å². The molecule has 0 aliphatic rings. The molecule has 6 aromatic rings. The predicted molar refractivity (Wildman–Crippen MR) is 234 cm³/mol. The van der Waals surface area contributed by atoms with Gasteiger partial charge in [-0.15, -0.1) is 93.9 Å². The maximum atomic E-state index is 3.38. The van der Waals surface area contributed by atoms with E-state index in [0.717, 1.165) is 19.3 Å². The Hall–Kier alpha value is -2.45. The zero-order valence-electron chi connectivity index (χ0n) is 33.4. The monoisotopic (exact) mass is 900 g/mol. The summed E-state index contributed by atoms with van der Waals surface area (Å²) in [6, 6.07) is 40.9. The fourth-order valence-corrected chi connectivity index (χ4v) is 6.58. The van der Waals surface area contributed by atoms with E-state index in [4.69, 9.17) is 0 Å². The molecule has 0 nitrogen and oxygen atoms in total. The maximum Gasteiger partial charge on any atom is 4.00 e. The topological polar surface area (TPSA) is 0 Å². The molecule has 6 aromatic carbocycles. The summed E-state index contributed by atoms with van der Waals surface area (Å²) in [4.78, 5) is 0.